The number of hydrogen-bond acceptors (Lipinski definition) is 3. The summed E-state index contributed by atoms with van der Waals surface area (Å²) in [6.45, 7) is 1.88. The van der Waals surface area contributed by atoms with Crippen LogP contribution in [0, 0.1) is 0 Å². The van der Waals surface area contributed by atoms with Crippen LogP contribution in [0.2, 0.25) is 0 Å². The molecule has 2 atom stereocenters. The fourth-order valence-corrected chi connectivity index (χ4v) is 2.76. The molecule has 2 saturated heterocycles. The molecule has 0 radical (unpaired) electrons. The molecule has 2 rings (SSSR count). The van der Waals surface area contributed by atoms with Gasteiger partial charge in [-0.1, -0.05) is 12.8 Å². The zero-order valence-electron chi connectivity index (χ0n) is 9.82. The predicted octanol–water partition coefficient (Wildman–Crippen LogP) is 0.502. The molecule has 1 amide bonds. The van der Waals surface area contributed by atoms with E-state index in [1.54, 1.807) is 0 Å². The average Bonchev–Trinajstić information content (AvgIpc) is 2.61. The van der Waals surface area contributed by atoms with Gasteiger partial charge in [-0.2, -0.15) is 0 Å². The second kappa shape index (κ2) is 5.64. The Kier molecular flexibility index (Phi) is 4.18. The van der Waals surface area contributed by atoms with Gasteiger partial charge in [-0.15, -0.1) is 0 Å². The summed E-state index contributed by atoms with van der Waals surface area (Å²) < 4.78 is 0. The van der Waals surface area contributed by atoms with Crippen molar-refractivity contribution in [3.63, 3.8) is 0 Å². The number of amides is 1. The molecule has 4 nitrogen and oxygen atoms in total. The molecule has 1 unspecified atom stereocenters. The first-order chi connectivity index (χ1) is 7.83. The number of hydrogen-bond donors (Lipinski definition) is 2. The van der Waals surface area contributed by atoms with Gasteiger partial charge in [-0.25, -0.2) is 0 Å². The molecule has 2 fully saturated rings. The molecule has 2 N–H and O–H groups in total. The largest absolute Gasteiger partial charge is 0.394 e. The molecule has 0 bridgehead atoms. The summed E-state index contributed by atoms with van der Waals surface area (Å²) in [6, 6.07) is 0.0622. The summed E-state index contributed by atoms with van der Waals surface area (Å²) >= 11 is 0. The van der Waals surface area contributed by atoms with Crippen molar-refractivity contribution in [2.24, 2.45) is 0 Å². The van der Waals surface area contributed by atoms with Gasteiger partial charge in [-0.05, 0) is 32.2 Å². The van der Waals surface area contributed by atoms with Crippen molar-refractivity contribution in [3.8, 4) is 0 Å². The van der Waals surface area contributed by atoms with Gasteiger partial charge in [0.2, 0.25) is 5.91 Å². The Labute approximate surface area is 97.0 Å². The summed E-state index contributed by atoms with van der Waals surface area (Å²) in [5.74, 6) is 0.207. The van der Waals surface area contributed by atoms with E-state index in [4.69, 9.17) is 0 Å². The minimum absolute atomic E-state index is 0.00495. The molecule has 16 heavy (non-hydrogen) atoms. The lowest BCUT2D eigenvalue weighted by molar-refractivity contribution is -0.135. The van der Waals surface area contributed by atoms with E-state index in [-0.39, 0.29) is 24.6 Å². The van der Waals surface area contributed by atoms with E-state index in [1.165, 1.54) is 12.8 Å². The molecular formula is C12H22N2O2. The first-order valence-corrected chi connectivity index (χ1v) is 6.47. The molecule has 0 aromatic rings. The second-order valence-electron chi connectivity index (χ2n) is 4.87. The molecule has 2 aliphatic heterocycles. The van der Waals surface area contributed by atoms with Crippen molar-refractivity contribution in [3.05, 3.63) is 0 Å². The number of carbonyl (C=O) groups is 1. The van der Waals surface area contributed by atoms with Crippen LogP contribution in [0.4, 0.5) is 0 Å². The lowest BCUT2D eigenvalue weighted by atomic mass is 10.1. The van der Waals surface area contributed by atoms with E-state index in [9.17, 15) is 9.90 Å². The van der Waals surface area contributed by atoms with Gasteiger partial charge in [0, 0.05) is 6.54 Å². The van der Waals surface area contributed by atoms with Gasteiger partial charge >= 0.3 is 0 Å². The Hall–Kier alpha value is -0.610. The fraction of sp³-hybridized carbons (Fsp3) is 0.917. The molecule has 2 aliphatic rings. The van der Waals surface area contributed by atoms with Crippen LogP contribution in [0.3, 0.4) is 0 Å². The number of aliphatic hydroxyl groups is 1. The van der Waals surface area contributed by atoms with E-state index in [0.717, 1.165) is 38.8 Å². The van der Waals surface area contributed by atoms with Crippen molar-refractivity contribution < 1.29 is 9.90 Å². The van der Waals surface area contributed by atoms with Gasteiger partial charge in [0.15, 0.2) is 0 Å². The fourth-order valence-electron chi connectivity index (χ4n) is 2.76. The highest BCUT2D eigenvalue weighted by molar-refractivity contribution is 5.82. The van der Waals surface area contributed by atoms with Gasteiger partial charge < -0.3 is 15.3 Å². The average molecular weight is 226 g/mol. The number of carbonyl (C=O) groups excluding carboxylic acids is 1. The van der Waals surface area contributed by atoms with Gasteiger partial charge in [0.1, 0.15) is 0 Å². The van der Waals surface area contributed by atoms with Crippen LogP contribution in [0.25, 0.3) is 0 Å². The third-order valence-corrected chi connectivity index (χ3v) is 3.73. The zero-order chi connectivity index (χ0) is 11.4. The third-order valence-electron chi connectivity index (χ3n) is 3.73. The highest BCUT2D eigenvalue weighted by atomic mass is 16.3. The summed E-state index contributed by atoms with van der Waals surface area (Å²) in [5, 5.41) is 12.6. The molecule has 0 aliphatic carbocycles. The Balaban J connectivity index is 1.94. The maximum absolute atomic E-state index is 12.3. The summed E-state index contributed by atoms with van der Waals surface area (Å²) in [4.78, 5) is 14.2. The van der Waals surface area contributed by atoms with Crippen molar-refractivity contribution in [1.29, 1.82) is 0 Å². The summed E-state index contributed by atoms with van der Waals surface area (Å²) in [7, 11) is 0. The minimum Gasteiger partial charge on any atom is -0.394 e. The Morgan fingerprint density at radius 2 is 2.12 bits per heavy atom. The van der Waals surface area contributed by atoms with Gasteiger partial charge in [0.25, 0.3) is 0 Å². The number of nitrogens with one attached hydrogen (secondary N) is 1. The molecule has 0 saturated carbocycles. The first-order valence-electron chi connectivity index (χ1n) is 6.47. The summed E-state index contributed by atoms with van der Waals surface area (Å²) in [6.07, 6.45) is 6.47. The number of aliphatic hydroxyl groups excluding tert-OH is 1. The van der Waals surface area contributed by atoms with Crippen LogP contribution in [0.5, 0.6) is 0 Å². The zero-order valence-corrected chi connectivity index (χ0v) is 9.82. The minimum atomic E-state index is -0.00495. The standard InChI is InChI=1S/C12H22N2O2/c15-9-10-5-4-8-14(10)12(16)11-6-2-1-3-7-13-11/h10-11,13,15H,1-9H2/t10-,11?/m1/s1. The molecule has 92 valence electrons. The van der Waals surface area contributed by atoms with E-state index < -0.39 is 0 Å². The van der Waals surface area contributed by atoms with Crippen LogP contribution in [-0.4, -0.2) is 47.7 Å². The smallest absolute Gasteiger partial charge is 0.240 e. The van der Waals surface area contributed by atoms with E-state index in [0.29, 0.717) is 0 Å². The van der Waals surface area contributed by atoms with Crippen molar-refractivity contribution in [2.75, 3.05) is 19.7 Å². The van der Waals surface area contributed by atoms with E-state index >= 15 is 0 Å². The Morgan fingerprint density at radius 1 is 1.25 bits per heavy atom. The highest BCUT2D eigenvalue weighted by Crippen LogP contribution is 2.20. The quantitative estimate of drug-likeness (QED) is 0.721. The number of likely N-dealkylation sites (tertiary alicyclic amines) is 1. The lowest BCUT2D eigenvalue weighted by Crippen LogP contribution is -2.48. The number of rotatable bonds is 2. The Morgan fingerprint density at radius 3 is 2.94 bits per heavy atom. The van der Waals surface area contributed by atoms with Gasteiger partial charge in [0.05, 0.1) is 18.7 Å². The van der Waals surface area contributed by atoms with Crippen molar-refractivity contribution >= 4 is 5.91 Å². The van der Waals surface area contributed by atoms with Crippen LogP contribution >= 0.6 is 0 Å². The molecule has 4 heteroatoms. The molecule has 0 spiro atoms. The topological polar surface area (TPSA) is 52.6 Å². The van der Waals surface area contributed by atoms with Crippen molar-refractivity contribution in [2.45, 2.75) is 50.6 Å². The van der Waals surface area contributed by atoms with Crippen molar-refractivity contribution in [1.82, 2.24) is 10.2 Å². The maximum atomic E-state index is 12.3. The second-order valence-corrected chi connectivity index (χ2v) is 4.87. The SMILES string of the molecule is O=C(C1CCCCCN1)N1CCC[C@@H]1CO. The lowest BCUT2D eigenvalue weighted by Gasteiger charge is -2.27. The van der Waals surface area contributed by atoms with Crippen LogP contribution in [-0.2, 0) is 4.79 Å². The van der Waals surface area contributed by atoms with Crippen LogP contribution in [0.15, 0.2) is 0 Å². The first kappa shape index (κ1) is 11.9. The third kappa shape index (κ3) is 2.55. The summed E-state index contributed by atoms with van der Waals surface area (Å²) in [5.41, 5.74) is 0. The highest BCUT2D eigenvalue weighted by Gasteiger charge is 2.32. The Bertz CT molecular complexity index is 237. The normalized spacial score (nSPS) is 31.4. The van der Waals surface area contributed by atoms with E-state index in [2.05, 4.69) is 5.32 Å². The molecule has 0 aromatic heterocycles. The number of nitrogens with zero attached hydrogens (tertiary/aromatic N) is 1. The molecule has 2 heterocycles. The van der Waals surface area contributed by atoms with Crippen LogP contribution in [0.1, 0.15) is 38.5 Å². The predicted molar refractivity (Wildman–Crippen MR) is 62.1 cm³/mol. The molecule has 0 aromatic carbocycles. The van der Waals surface area contributed by atoms with Crippen LogP contribution < -0.4 is 5.32 Å². The van der Waals surface area contributed by atoms with Gasteiger partial charge in [-0.3, -0.25) is 4.79 Å². The molecular weight excluding hydrogens is 204 g/mol. The van der Waals surface area contributed by atoms with E-state index in [1.807, 2.05) is 4.90 Å². The monoisotopic (exact) mass is 226 g/mol. The maximum Gasteiger partial charge on any atom is 0.240 e.